The summed E-state index contributed by atoms with van der Waals surface area (Å²) in [6, 6.07) is 10.3. The van der Waals surface area contributed by atoms with Crippen LogP contribution in [0, 0.1) is 5.92 Å². The van der Waals surface area contributed by atoms with Crippen molar-refractivity contribution in [1.82, 2.24) is 4.90 Å². The van der Waals surface area contributed by atoms with E-state index in [1.807, 2.05) is 23.1 Å². The third kappa shape index (κ3) is 3.75. The quantitative estimate of drug-likeness (QED) is 0.727. The van der Waals surface area contributed by atoms with E-state index in [1.54, 1.807) is 0 Å². The summed E-state index contributed by atoms with van der Waals surface area (Å²) in [6.45, 7) is 3.01. The highest BCUT2D eigenvalue weighted by atomic mass is 16.6. The van der Waals surface area contributed by atoms with Gasteiger partial charge in [0.1, 0.15) is 0 Å². The molecular weight excluding hydrogens is 290 g/mol. The van der Waals surface area contributed by atoms with Crippen LogP contribution in [0.15, 0.2) is 30.3 Å². The normalized spacial score (nSPS) is 27.7. The van der Waals surface area contributed by atoms with Gasteiger partial charge in [-0.05, 0) is 24.3 Å². The molecule has 1 aliphatic carbocycles. The van der Waals surface area contributed by atoms with Gasteiger partial charge in [0.15, 0.2) is 0 Å². The van der Waals surface area contributed by atoms with Crippen molar-refractivity contribution in [2.45, 2.75) is 43.8 Å². The van der Waals surface area contributed by atoms with Crippen LogP contribution in [0.2, 0.25) is 0 Å². The molecule has 0 aromatic heterocycles. The van der Waals surface area contributed by atoms with E-state index in [9.17, 15) is 4.79 Å². The van der Waals surface area contributed by atoms with Gasteiger partial charge in [0.05, 0.1) is 31.3 Å². The molecule has 3 atom stereocenters. The van der Waals surface area contributed by atoms with Crippen LogP contribution in [-0.2, 0) is 14.3 Å². The maximum Gasteiger partial charge on any atom is 0.230 e. The summed E-state index contributed by atoms with van der Waals surface area (Å²) in [5.41, 5.74) is 1.17. The van der Waals surface area contributed by atoms with E-state index in [0.717, 1.165) is 26.3 Å². The largest absolute Gasteiger partial charge is 0.371 e. The molecule has 1 saturated carbocycles. The first-order valence-electron chi connectivity index (χ1n) is 8.88. The maximum absolute atomic E-state index is 13.4. The lowest BCUT2D eigenvalue weighted by Gasteiger charge is -2.30. The smallest absolute Gasteiger partial charge is 0.230 e. The van der Waals surface area contributed by atoms with E-state index in [1.165, 1.54) is 31.2 Å². The predicted molar refractivity (Wildman–Crippen MR) is 87.2 cm³/mol. The van der Waals surface area contributed by atoms with Crippen LogP contribution in [0.4, 0.5) is 0 Å². The minimum absolute atomic E-state index is 0.00352. The van der Waals surface area contributed by atoms with Gasteiger partial charge in [-0.3, -0.25) is 4.79 Å². The lowest BCUT2D eigenvalue weighted by atomic mass is 9.83. The van der Waals surface area contributed by atoms with Crippen LogP contribution < -0.4 is 0 Å². The van der Waals surface area contributed by atoms with Crippen LogP contribution in [0.5, 0.6) is 0 Å². The topological polar surface area (TPSA) is 45.4 Å². The Bertz CT molecular complexity index is 519. The Morgan fingerprint density at radius 3 is 2.13 bits per heavy atom. The van der Waals surface area contributed by atoms with Crippen LogP contribution in [0.3, 0.4) is 0 Å². The molecule has 0 bridgehead atoms. The molecule has 124 valence electrons. The Balaban J connectivity index is 1.56. The van der Waals surface area contributed by atoms with E-state index in [4.69, 9.17) is 9.47 Å². The molecule has 4 rings (SSSR count). The summed E-state index contributed by atoms with van der Waals surface area (Å²) >= 11 is 0. The minimum Gasteiger partial charge on any atom is -0.371 e. The summed E-state index contributed by atoms with van der Waals surface area (Å²) in [6.07, 6.45) is 5.30. The van der Waals surface area contributed by atoms with Gasteiger partial charge in [-0.1, -0.05) is 43.2 Å². The standard InChI is InChI=1S/C19H25NO3/c21-19(20(10-16-12-22-16)11-17-13-23-17)18(15-8-4-5-9-15)14-6-2-1-3-7-14/h1-3,6-7,15-18H,4-5,8-13H2. The van der Waals surface area contributed by atoms with Gasteiger partial charge < -0.3 is 14.4 Å². The lowest BCUT2D eigenvalue weighted by molar-refractivity contribution is -0.134. The number of ether oxygens (including phenoxy) is 2. The second kappa shape index (κ2) is 6.62. The second-order valence-electron chi connectivity index (χ2n) is 7.09. The van der Waals surface area contributed by atoms with Crippen molar-refractivity contribution in [2.75, 3.05) is 26.3 Å². The molecular formula is C19H25NO3. The van der Waals surface area contributed by atoms with Gasteiger partial charge in [-0.25, -0.2) is 0 Å². The molecule has 1 amide bonds. The van der Waals surface area contributed by atoms with E-state index in [2.05, 4.69) is 12.1 Å². The molecule has 2 saturated heterocycles. The molecule has 4 heteroatoms. The number of carbonyl (C=O) groups excluding carboxylic acids is 1. The van der Waals surface area contributed by atoms with Gasteiger partial charge in [0, 0.05) is 13.1 Å². The SMILES string of the molecule is O=C(C(c1ccccc1)C1CCCC1)N(CC1CO1)CC1CO1. The molecule has 2 heterocycles. The van der Waals surface area contributed by atoms with Gasteiger partial charge in [0.2, 0.25) is 5.91 Å². The number of amides is 1. The summed E-state index contributed by atoms with van der Waals surface area (Å²) in [7, 11) is 0. The van der Waals surface area contributed by atoms with Gasteiger partial charge in [-0.15, -0.1) is 0 Å². The Hall–Kier alpha value is -1.39. The van der Waals surface area contributed by atoms with Crippen LogP contribution in [0.1, 0.15) is 37.2 Å². The molecule has 3 unspecified atom stereocenters. The number of nitrogens with zero attached hydrogens (tertiary/aromatic N) is 1. The summed E-state index contributed by atoms with van der Waals surface area (Å²) < 4.78 is 10.7. The van der Waals surface area contributed by atoms with Gasteiger partial charge in [-0.2, -0.15) is 0 Å². The zero-order valence-corrected chi connectivity index (χ0v) is 13.5. The highest BCUT2D eigenvalue weighted by Crippen LogP contribution is 2.39. The first-order valence-corrected chi connectivity index (χ1v) is 8.88. The van der Waals surface area contributed by atoms with Crippen molar-refractivity contribution < 1.29 is 14.3 Å². The lowest BCUT2D eigenvalue weighted by Crippen LogP contribution is -2.42. The molecule has 1 aromatic carbocycles. The fourth-order valence-corrected chi connectivity index (χ4v) is 3.86. The summed E-state index contributed by atoms with van der Waals surface area (Å²) in [5.74, 6) is 0.748. The number of hydrogen-bond donors (Lipinski definition) is 0. The van der Waals surface area contributed by atoms with Crippen LogP contribution in [0.25, 0.3) is 0 Å². The fourth-order valence-electron chi connectivity index (χ4n) is 3.86. The molecule has 23 heavy (non-hydrogen) atoms. The Labute approximate surface area is 137 Å². The Morgan fingerprint density at radius 2 is 1.61 bits per heavy atom. The average molecular weight is 315 g/mol. The molecule has 2 aliphatic heterocycles. The van der Waals surface area contributed by atoms with Crippen molar-refractivity contribution in [3.8, 4) is 0 Å². The molecule has 0 radical (unpaired) electrons. The third-order valence-corrected chi connectivity index (χ3v) is 5.26. The number of carbonyl (C=O) groups is 1. The van der Waals surface area contributed by atoms with Crippen molar-refractivity contribution >= 4 is 5.91 Å². The molecule has 3 fully saturated rings. The number of rotatable bonds is 7. The molecule has 1 aromatic rings. The highest BCUT2D eigenvalue weighted by Gasteiger charge is 2.39. The van der Waals surface area contributed by atoms with E-state index in [0.29, 0.717) is 5.92 Å². The summed E-state index contributed by atoms with van der Waals surface area (Å²) in [5, 5.41) is 0. The first kappa shape index (κ1) is 15.2. The van der Waals surface area contributed by atoms with E-state index >= 15 is 0 Å². The van der Waals surface area contributed by atoms with Crippen molar-refractivity contribution in [3.05, 3.63) is 35.9 Å². The highest BCUT2D eigenvalue weighted by molar-refractivity contribution is 5.84. The predicted octanol–water partition coefficient (Wildman–Crippen LogP) is 2.59. The zero-order valence-electron chi connectivity index (χ0n) is 13.5. The van der Waals surface area contributed by atoms with Crippen LogP contribution >= 0.6 is 0 Å². The second-order valence-corrected chi connectivity index (χ2v) is 7.09. The molecule has 3 aliphatic rings. The summed E-state index contributed by atoms with van der Waals surface area (Å²) in [4.78, 5) is 15.4. The van der Waals surface area contributed by atoms with E-state index < -0.39 is 0 Å². The van der Waals surface area contributed by atoms with Crippen LogP contribution in [-0.4, -0.2) is 49.3 Å². The average Bonchev–Trinajstić information content (AvgIpc) is 3.50. The molecule has 4 nitrogen and oxygen atoms in total. The Morgan fingerprint density at radius 1 is 1.04 bits per heavy atom. The maximum atomic E-state index is 13.4. The van der Waals surface area contributed by atoms with Crippen molar-refractivity contribution in [3.63, 3.8) is 0 Å². The first-order chi connectivity index (χ1) is 11.3. The molecule has 0 N–H and O–H groups in total. The fraction of sp³-hybridized carbons (Fsp3) is 0.632. The number of hydrogen-bond acceptors (Lipinski definition) is 3. The van der Waals surface area contributed by atoms with Crippen molar-refractivity contribution in [2.24, 2.45) is 5.92 Å². The number of benzene rings is 1. The monoisotopic (exact) mass is 315 g/mol. The third-order valence-electron chi connectivity index (χ3n) is 5.26. The Kier molecular flexibility index (Phi) is 4.36. The minimum atomic E-state index is -0.00352. The van der Waals surface area contributed by atoms with Gasteiger partial charge in [0.25, 0.3) is 0 Å². The van der Waals surface area contributed by atoms with Gasteiger partial charge >= 0.3 is 0 Å². The van der Waals surface area contributed by atoms with E-state index in [-0.39, 0.29) is 24.0 Å². The number of epoxide rings is 2. The molecule has 0 spiro atoms. The zero-order chi connectivity index (χ0) is 15.6. The van der Waals surface area contributed by atoms with Crippen molar-refractivity contribution in [1.29, 1.82) is 0 Å².